The zero-order valence-electron chi connectivity index (χ0n) is 10.7. The Bertz CT molecular complexity index is 565. The first kappa shape index (κ1) is 13.0. The van der Waals surface area contributed by atoms with Crippen molar-refractivity contribution >= 4 is 23.0 Å². The first-order chi connectivity index (χ1) is 9.20. The van der Waals surface area contributed by atoms with E-state index in [0.717, 1.165) is 5.69 Å². The molecule has 0 aliphatic heterocycles. The van der Waals surface area contributed by atoms with Crippen molar-refractivity contribution in [2.75, 3.05) is 17.7 Å². The molecule has 2 rings (SSSR count). The standard InChI is InChI=1S/C15H16N2O2/c1-2-19-15(18)13-5-3-4-6-14(13)17-12-9-7-11(16)8-10-12/h3-10,17H,2,16H2,1H3. The molecule has 0 saturated heterocycles. The molecule has 0 radical (unpaired) electrons. The summed E-state index contributed by atoms with van der Waals surface area (Å²) in [7, 11) is 0. The van der Waals surface area contributed by atoms with Gasteiger partial charge in [0.05, 0.1) is 17.9 Å². The van der Waals surface area contributed by atoms with Crippen molar-refractivity contribution in [3.8, 4) is 0 Å². The zero-order valence-corrected chi connectivity index (χ0v) is 10.7. The molecule has 4 heteroatoms. The molecule has 2 aromatic carbocycles. The number of carbonyl (C=O) groups is 1. The highest BCUT2D eigenvalue weighted by atomic mass is 16.5. The lowest BCUT2D eigenvalue weighted by Crippen LogP contribution is -2.07. The maximum atomic E-state index is 11.8. The first-order valence-corrected chi connectivity index (χ1v) is 6.09. The van der Waals surface area contributed by atoms with Gasteiger partial charge in [0, 0.05) is 11.4 Å². The third kappa shape index (κ3) is 3.25. The monoisotopic (exact) mass is 256 g/mol. The third-order valence-corrected chi connectivity index (χ3v) is 2.61. The lowest BCUT2D eigenvalue weighted by Gasteiger charge is -2.11. The van der Waals surface area contributed by atoms with Crippen molar-refractivity contribution < 1.29 is 9.53 Å². The predicted octanol–water partition coefficient (Wildman–Crippen LogP) is 3.19. The molecule has 98 valence electrons. The molecule has 0 aromatic heterocycles. The third-order valence-electron chi connectivity index (χ3n) is 2.61. The highest BCUT2D eigenvalue weighted by Gasteiger charge is 2.11. The number of nitrogens with one attached hydrogen (secondary N) is 1. The molecule has 3 N–H and O–H groups in total. The molecule has 2 aromatic rings. The Balaban J connectivity index is 2.24. The Morgan fingerprint density at radius 1 is 1.16 bits per heavy atom. The van der Waals surface area contributed by atoms with Crippen LogP contribution in [0.2, 0.25) is 0 Å². The summed E-state index contributed by atoms with van der Waals surface area (Å²) in [4.78, 5) is 11.8. The van der Waals surface area contributed by atoms with Crippen LogP contribution >= 0.6 is 0 Å². The van der Waals surface area contributed by atoms with E-state index in [4.69, 9.17) is 10.5 Å². The lowest BCUT2D eigenvalue weighted by atomic mass is 10.1. The maximum absolute atomic E-state index is 11.8. The second-order valence-corrected chi connectivity index (χ2v) is 4.01. The van der Waals surface area contributed by atoms with Crippen molar-refractivity contribution in [3.63, 3.8) is 0 Å². The topological polar surface area (TPSA) is 64.3 Å². The molecule has 0 atom stereocenters. The van der Waals surface area contributed by atoms with Gasteiger partial charge < -0.3 is 15.8 Å². The Morgan fingerprint density at radius 3 is 2.53 bits per heavy atom. The normalized spacial score (nSPS) is 9.95. The summed E-state index contributed by atoms with van der Waals surface area (Å²) in [5.41, 5.74) is 8.43. The van der Waals surface area contributed by atoms with Gasteiger partial charge in [0.15, 0.2) is 0 Å². The Morgan fingerprint density at radius 2 is 1.84 bits per heavy atom. The summed E-state index contributed by atoms with van der Waals surface area (Å²) in [6, 6.07) is 14.6. The molecular formula is C15H16N2O2. The number of carbonyl (C=O) groups excluding carboxylic acids is 1. The Kier molecular flexibility index (Phi) is 4.03. The summed E-state index contributed by atoms with van der Waals surface area (Å²) in [6.45, 7) is 2.14. The quantitative estimate of drug-likeness (QED) is 0.651. The number of para-hydroxylation sites is 1. The van der Waals surface area contributed by atoms with Crippen LogP contribution in [0.25, 0.3) is 0 Å². The van der Waals surface area contributed by atoms with Gasteiger partial charge in [0.1, 0.15) is 0 Å². The van der Waals surface area contributed by atoms with Gasteiger partial charge in [-0.1, -0.05) is 12.1 Å². The van der Waals surface area contributed by atoms with Gasteiger partial charge in [0.25, 0.3) is 0 Å². The van der Waals surface area contributed by atoms with E-state index < -0.39 is 0 Å². The van der Waals surface area contributed by atoms with E-state index in [9.17, 15) is 4.79 Å². The van der Waals surface area contributed by atoms with Crippen LogP contribution in [0.3, 0.4) is 0 Å². The average Bonchev–Trinajstić information content (AvgIpc) is 2.42. The van der Waals surface area contributed by atoms with Crippen LogP contribution in [0.4, 0.5) is 17.1 Å². The SMILES string of the molecule is CCOC(=O)c1ccccc1Nc1ccc(N)cc1. The van der Waals surface area contributed by atoms with Crippen LogP contribution in [0.5, 0.6) is 0 Å². The highest BCUT2D eigenvalue weighted by Crippen LogP contribution is 2.22. The number of benzene rings is 2. The van der Waals surface area contributed by atoms with Crippen molar-refractivity contribution in [2.45, 2.75) is 6.92 Å². The summed E-state index contributed by atoms with van der Waals surface area (Å²) in [5, 5.41) is 3.18. The van der Waals surface area contributed by atoms with E-state index >= 15 is 0 Å². The van der Waals surface area contributed by atoms with Crippen molar-refractivity contribution in [3.05, 3.63) is 54.1 Å². The van der Waals surface area contributed by atoms with Gasteiger partial charge in [-0.25, -0.2) is 4.79 Å². The largest absolute Gasteiger partial charge is 0.462 e. The first-order valence-electron chi connectivity index (χ1n) is 6.09. The average molecular weight is 256 g/mol. The predicted molar refractivity (Wildman–Crippen MR) is 76.5 cm³/mol. The Hall–Kier alpha value is -2.49. The maximum Gasteiger partial charge on any atom is 0.340 e. The Labute approximate surface area is 112 Å². The number of anilines is 3. The van der Waals surface area contributed by atoms with Gasteiger partial charge in [-0.15, -0.1) is 0 Å². The molecule has 19 heavy (non-hydrogen) atoms. The highest BCUT2D eigenvalue weighted by molar-refractivity contribution is 5.96. The van der Waals surface area contributed by atoms with E-state index in [1.807, 2.05) is 24.3 Å². The summed E-state index contributed by atoms with van der Waals surface area (Å²) < 4.78 is 5.03. The van der Waals surface area contributed by atoms with E-state index in [-0.39, 0.29) is 5.97 Å². The van der Waals surface area contributed by atoms with E-state index in [2.05, 4.69) is 5.32 Å². The number of hydrogen-bond donors (Lipinski definition) is 2. The van der Waals surface area contributed by atoms with Gasteiger partial charge in [-0.05, 0) is 43.3 Å². The van der Waals surface area contributed by atoms with Crippen molar-refractivity contribution in [1.29, 1.82) is 0 Å². The minimum absolute atomic E-state index is 0.332. The molecule has 0 saturated carbocycles. The number of nitrogen functional groups attached to an aromatic ring is 1. The molecule has 0 heterocycles. The fourth-order valence-corrected chi connectivity index (χ4v) is 1.70. The number of ether oxygens (including phenoxy) is 1. The van der Waals surface area contributed by atoms with Crippen LogP contribution < -0.4 is 11.1 Å². The fourth-order valence-electron chi connectivity index (χ4n) is 1.70. The zero-order chi connectivity index (χ0) is 13.7. The minimum Gasteiger partial charge on any atom is -0.462 e. The minimum atomic E-state index is -0.332. The molecule has 4 nitrogen and oxygen atoms in total. The van der Waals surface area contributed by atoms with E-state index in [1.54, 1.807) is 31.2 Å². The summed E-state index contributed by atoms with van der Waals surface area (Å²) >= 11 is 0. The number of hydrogen-bond acceptors (Lipinski definition) is 4. The van der Waals surface area contributed by atoms with Gasteiger partial charge in [-0.3, -0.25) is 0 Å². The number of rotatable bonds is 4. The molecule has 0 unspecified atom stereocenters. The molecule has 0 spiro atoms. The van der Waals surface area contributed by atoms with Crippen LogP contribution in [0.15, 0.2) is 48.5 Å². The molecule has 0 fully saturated rings. The van der Waals surface area contributed by atoms with Crippen molar-refractivity contribution in [1.82, 2.24) is 0 Å². The van der Waals surface area contributed by atoms with Crippen LogP contribution in [-0.4, -0.2) is 12.6 Å². The van der Waals surface area contributed by atoms with E-state index in [1.165, 1.54) is 0 Å². The molecule has 0 aliphatic carbocycles. The van der Waals surface area contributed by atoms with Gasteiger partial charge in [-0.2, -0.15) is 0 Å². The van der Waals surface area contributed by atoms with Crippen molar-refractivity contribution in [2.24, 2.45) is 0 Å². The van der Waals surface area contributed by atoms with Crippen LogP contribution in [0, 0.1) is 0 Å². The second-order valence-electron chi connectivity index (χ2n) is 4.01. The molecular weight excluding hydrogens is 240 g/mol. The van der Waals surface area contributed by atoms with E-state index in [0.29, 0.717) is 23.5 Å². The summed E-state index contributed by atoms with van der Waals surface area (Å²) in [6.07, 6.45) is 0. The number of nitrogens with two attached hydrogens (primary N) is 1. The smallest absolute Gasteiger partial charge is 0.340 e. The molecule has 0 amide bonds. The van der Waals surface area contributed by atoms with Gasteiger partial charge in [0.2, 0.25) is 0 Å². The van der Waals surface area contributed by atoms with Gasteiger partial charge >= 0.3 is 5.97 Å². The number of esters is 1. The molecule has 0 aliphatic rings. The summed E-state index contributed by atoms with van der Waals surface area (Å²) in [5.74, 6) is -0.332. The fraction of sp³-hybridized carbons (Fsp3) is 0.133. The van der Waals surface area contributed by atoms with Crippen LogP contribution in [0.1, 0.15) is 17.3 Å². The second kappa shape index (κ2) is 5.91. The van der Waals surface area contributed by atoms with Crippen LogP contribution in [-0.2, 0) is 4.74 Å². The lowest BCUT2D eigenvalue weighted by molar-refractivity contribution is 0.0527. The molecule has 0 bridgehead atoms.